The number of aromatic nitrogens is 4. The Bertz CT molecular complexity index is 1450. The molecule has 1 aliphatic rings. The highest BCUT2D eigenvalue weighted by molar-refractivity contribution is 7.89. The van der Waals surface area contributed by atoms with E-state index in [0.29, 0.717) is 0 Å². The quantitative estimate of drug-likeness (QED) is 0.384. The number of rotatable bonds is 5. The van der Waals surface area contributed by atoms with Crippen LogP contribution in [0.25, 0.3) is 16.9 Å². The van der Waals surface area contributed by atoms with E-state index in [1.54, 1.807) is 18.2 Å². The fourth-order valence-electron chi connectivity index (χ4n) is 3.86. The van der Waals surface area contributed by atoms with Crippen molar-refractivity contribution in [3.05, 3.63) is 67.0 Å². The number of sulfonamides is 1. The predicted molar refractivity (Wildman–Crippen MR) is 120 cm³/mol. The molecule has 1 fully saturated rings. The largest absolute Gasteiger partial charge is 0.491 e. The van der Waals surface area contributed by atoms with Crippen LogP contribution in [-0.2, 0) is 14.8 Å². The van der Waals surface area contributed by atoms with Crippen LogP contribution in [-0.4, -0.2) is 64.9 Å². The van der Waals surface area contributed by atoms with Crippen LogP contribution in [0.4, 0.5) is 24.8 Å². The molecule has 13 heteroatoms. The number of morpholine rings is 1. The molecule has 0 radical (unpaired) electrons. The van der Waals surface area contributed by atoms with Crippen molar-refractivity contribution >= 4 is 27.3 Å². The lowest BCUT2D eigenvalue weighted by Crippen LogP contribution is -2.40. The van der Waals surface area contributed by atoms with Gasteiger partial charge in [-0.05, 0) is 30.3 Å². The fourth-order valence-corrected chi connectivity index (χ4v) is 5.47. The number of fused-ring (bicyclic) bond motifs is 1. The van der Waals surface area contributed by atoms with Crippen LogP contribution >= 0.6 is 0 Å². The van der Waals surface area contributed by atoms with Crippen LogP contribution in [0, 0.1) is 0 Å². The van der Waals surface area contributed by atoms with Gasteiger partial charge in [0.1, 0.15) is 5.82 Å². The number of imidazole rings is 1. The second-order valence-corrected chi connectivity index (χ2v) is 9.52. The predicted octanol–water partition coefficient (Wildman–Crippen LogP) is 3.47. The number of alkyl halides is 3. The van der Waals surface area contributed by atoms with Gasteiger partial charge >= 0.3 is 6.30 Å². The summed E-state index contributed by atoms with van der Waals surface area (Å²) < 4.78 is 76.5. The maximum atomic E-state index is 14.0. The van der Waals surface area contributed by atoms with Crippen LogP contribution in [0.1, 0.15) is 0 Å². The Morgan fingerprint density at radius 3 is 2.37 bits per heavy atom. The van der Waals surface area contributed by atoms with E-state index in [0.717, 1.165) is 0 Å². The van der Waals surface area contributed by atoms with E-state index in [4.69, 9.17) is 4.74 Å². The summed E-state index contributed by atoms with van der Waals surface area (Å²) in [6.45, 7) is 0.971. The van der Waals surface area contributed by atoms with Crippen LogP contribution in [0.3, 0.4) is 0 Å². The van der Waals surface area contributed by atoms with Gasteiger partial charge in [-0.1, -0.05) is 24.3 Å². The van der Waals surface area contributed by atoms with Gasteiger partial charge in [-0.25, -0.2) is 27.8 Å². The molecule has 0 aliphatic carbocycles. The highest BCUT2D eigenvalue weighted by Crippen LogP contribution is 2.35. The van der Waals surface area contributed by atoms with Gasteiger partial charge in [0.15, 0.2) is 11.5 Å². The number of benzene rings is 1. The van der Waals surface area contributed by atoms with Crippen LogP contribution in [0.2, 0.25) is 0 Å². The van der Waals surface area contributed by atoms with E-state index in [1.165, 1.54) is 57.6 Å². The Kier molecular flexibility index (Phi) is 5.91. The van der Waals surface area contributed by atoms with Crippen molar-refractivity contribution in [2.24, 2.45) is 0 Å². The minimum atomic E-state index is -4.81. The Labute approximate surface area is 198 Å². The SMILES string of the molecule is O=S(=O)(c1ccccc1-c1cnc2ccc(N(c3ccccn3)C(F)(F)F)nn12)N1CCOCC1. The number of hydrogen-bond acceptors (Lipinski definition) is 7. The van der Waals surface area contributed by atoms with E-state index < -0.39 is 22.1 Å². The van der Waals surface area contributed by atoms with Crippen molar-refractivity contribution in [2.75, 3.05) is 31.2 Å². The Balaban J connectivity index is 1.64. The molecule has 1 aliphatic heterocycles. The van der Waals surface area contributed by atoms with Crippen molar-refractivity contribution in [3.63, 3.8) is 0 Å². The molecule has 3 aromatic heterocycles. The minimum Gasteiger partial charge on any atom is -0.379 e. The summed E-state index contributed by atoms with van der Waals surface area (Å²) in [5.74, 6) is -0.805. The zero-order valence-electron chi connectivity index (χ0n) is 18.1. The topological polar surface area (TPSA) is 92.9 Å². The van der Waals surface area contributed by atoms with E-state index in [9.17, 15) is 21.6 Å². The summed E-state index contributed by atoms with van der Waals surface area (Å²) >= 11 is 0. The monoisotopic (exact) mass is 504 g/mol. The molecule has 0 N–H and O–H groups in total. The van der Waals surface area contributed by atoms with Gasteiger partial charge in [0.25, 0.3) is 0 Å². The van der Waals surface area contributed by atoms with Gasteiger partial charge < -0.3 is 4.74 Å². The van der Waals surface area contributed by atoms with Crippen molar-refractivity contribution < 1.29 is 26.3 Å². The van der Waals surface area contributed by atoms with Crippen LogP contribution < -0.4 is 4.90 Å². The van der Waals surface area contributed by atoms with Crippen LogP contribution in [0.5, 0.6) is 0 Å². The first-order valence-corrected chi connectivity index (χ1v) is 12.0. The van der Waals surface area contributed by atoms with E-state index >= 15 is 0 Å². The molecular formula is C22H19F3N6O3S. The number of nitrogens with zero attached hydrogens (tertiary/aromatic N) is 6. The zero-order valence-corrected chi connectivity index (χ0v) is 18.9. The minimum absolute atomic E-state index is 0.00769. The Morgan fingerprint density at radius 2 is 1.66 bits per heavy atom. The lowest BCUT2D eigenvalue weighted by Gasteiger charge is -2.27. The molecule has 4 aromatic rings. The third kappa shape index (κ3) is 4.33. The molecule has 0 amide bonds. The van der Waals surface area contributed by atoms with Gasteiger partial charge in [0.2, 0.25) is 10.0 Å². The van der Waals surface area contributed by atoms with E-state index in [2.05, 4.69) is 15.1 Å². The van der Waals surface area contributed by atoms with Gasteiger partial charge in [-0.15, -0.1) is 18.3 Å². The zero-order chi connectivity index (χ0) is 24.6. The standard InChI is InChI=1S/C22H19F3N6O3S/c23-22(24,25)30(19-7-3-4-10-26-19)21-9-8-20-27-15-17(31(20)28-21)16-5-1-2-6-18(16)35(32,33)29-11-13-34-14-12-29/h1-10,15H,11-14H2. The molecule has 1 aromatic carbocycles. The molecule has 1 saturated heterocycles. The Morgan fingerprint density at radius 1 is 0.914 bits per heavy atom. The first-order chi connectivity index (χ1) is 16.8. The lowest BCUT2D eigenvalue weighted by molar-refractivity contribution is -0.121. The summed E-state index contributed by atoms with van der Waals surface area (Å²) in [6, 6.07) is 13.0. The van der Waals surface area contributed by atoms with Crippen molar-refractivity contribution in [1.82, 2.24) is 23.9 Å². The summed E-state index contributed by atoms with van der Waals surface area (Å²) in [5, 5.41) is 4.18. The summed E-state index contributed by atoms with van der Waals surface area (Å²) in [5.41, 5.74) is 0.760. The normalized spacial score (nSPS) is 15.4. The third-order valence-electron chi connectivity index (χ3n) is 5.46. The first-order valence-electron chi connectivity index (χ1n) is 10.6. The highest BCUT2D eigenvalue weighted by Gasteiger charge is 2.41. The number of pyridine rings is 1. The van der Waals surface area contributed by atoms with Crippen LogP contribution in [0.15, 0.2) is 71.9 Å². The van der Waals surface area contributed by atoms with E-state index in [1.807, 2.05) is 0 Å². The molecule has 182 valence electrons. The molecule has 35 heavy (non-hydrogen) atoms. The number of halogens is 3. The lowest BCUT2D eigenvalue weighted by atomic mass is 10.2. The smallest absolute Gasteiger partial charge is 0.379 e. The molecule has 5 rings (SSSR count). The summed E-state index contributed by atoms with van der Waals surface area (Å²) in [4.78, 5) is 8.09. The first kappa shape index (κ1) is 23.2. The van der Waals surface area contributed by atoms with Gasteiger partial charge in [0.05, 0.1) is 30.0 Å². The number of hydrogen-bond donors (Lipinski definition) is 0. The molecule has 9 nitrogen and oxygen atoms in total. The van der Waals surface area contributed by atoms with E-state index in [-0.39, 0.29) is 58.8 Å². The van der Waals surface area contributed by atoms with Crippen molar-refractivity contribution in [3.8, 4) is 11.3 Å². The molecule has 0 unspecified atom stereocenters. The summed E-state index contributed by atoms with van der Waals surface area (Å²) in [7, 11) is -3.90. The number of anilines is 2. The average molecular weight is 504 g/mol. The van der Waals surface area contributed by atoms with Gasteiger partial charge in [0, 0.05) is 24.8 Å². The summed E-state index contributed by atoms with van der Waals surface area (Å²) in [6.07, 6.45) is -2.17. The maximum absolute atomic E-state index is 14.0. The molecule has 4 heterocycles. The average Bonchev–Trinajstić information content (AvgIpc) is 3.28. The molecule has 0 bridgehead atoms. The molecule has 0 spiro atoms. The molecular weight excluding hydrogens is 485 g/mol. The second kappa shape index (κ2) is 8.91. The molecule has 0 atom stereocenters. The van der Waals surface area contributed by atoms with Crippen molar-refractivity contribution in [2.45, 2.75) is 11.2 Å². The second-order valence-electron chi connectivity index (χ2n) is 7.61. The van der Waals surface area contributed by atoms with Crippen molar-refractivity contribution in [1.29, 1.82) is 0 Å². The maximum Gasteiger partial charge on any atom is 0.491 e. The highest BCUT2D eigenvalue weighted by atomic mass is 32.2. The number of ether oxygens (including phenoxy) is 1. The van der Waals surface area contributed by atoms with Gasteiger partial charge in [-0.2, -0.15) is 4.31 Å². The van der Waals surface area contributed by atoms with Gasteiger partial charge in [-0.3, -0.25) is 0 Å². The molecule has 0 saturated carbocycles. The fraction of sp³-hybridized carbons (Fsp3) is 0.227. The Hall–Kier alpha value is -3.55. The third-order valence-corrected chi connectivity index (χ3v) is 7.42.